The van der Waals surface area contributed by atoms with Crippen LogP contribution in [0.3, 0.4) is 0 Å². The number of thiazole rings is 1. The fourth-order valence-corrected chi connectivity index (χ4v) is 4.34. The number of nitrogens with zero attached hydrogens (tertiary/aromatic N) is 2. The van der Waals surface area contributed by atoms with E-state index in [1.54, 1.807) is 5.38 Å². The van der Waals surface area contributed by atoms with Crippen molar-refractivity contribution in [3.05, 3.63) is 52.0 Å². The molecule has 1 aliphatic carbocycles. The van der Waals surface area contributed by atoms with E-state index >= 15 is 0 Å². The molecule has 2 aromatic rings. The van der Waals surface area contributed by atoms with Crippen molar-refractivity contribution in [2.45, 2.75) is 43.9 Å². The summed E-state index contributed by atoms with van der Waals surface area (Å²) in [5.41, 5.74) is 1.02. The van der Waals surface area contributed by atoms with E-state index in [2.05, 4.69) is 4.98 Å². The van der Waals surface area contributed by atoms with Crippen molar-refractivity contribution in [3.63, 3.8) is 0 Å². The fraction of sp³-hybridized carbons (Fsp3) is 0.400. The minimum atomic E-state index is -0.988. The molecule has 1 aromatic carbocycles. The van der Waals surface area contributed by atoms with Gasteiger partial charge in [0.2, 0.25) is 0 Å². The first-order valence-electron chi connectivity index (χ1n) is 8.64. The number of aromatic nitrogens is 1. The van der Waals surface area contributed by atoms with Crippen molar-refractivity contribution in [2.75, 3.05) is 6.61 Å². The lowest BCUT2D eigenvalue weighted by molar-refractivity contribution is -0.154. The number of ketones is 1. The maximum atomic E-state index is 12.9. The van der Waals surface area contributed by atoms with Gasteiger partial charge in [-0.25, -0.2) is 4.98 Å². The van der Waals surface area contributed by atoms with E-state index in [0.29, 0.717) is 5.01 Å². The first-order valence-corrected chi connectivity index (χ1v) is 9.52. The molecule has 134 valence electrons. The molecule has 1 aromatic heterocycles. The molecule has 0 spiro atoms. The lowest BCUT2D eigenvalue weighted by atomic mass is 9.79. The molecule has 1 heterocycles. The Morgan fingerprint density at radius 1 is 1.31 bits per heavy atom. The van der Waals surface area contributed by atoms with Gasteiger partial charge in [-0.3, -0.25) is 9.59 Å². The van der Waals surface area contributed by atoms with E-state index in [4.69, 9.17) is 4.74 Å². The van der Waals surface area contributed by atoms with Gasteiger partial charge in [0.05, 0.1) is 11.5 Å². The van der Waals surface area contributed by atoms with Crippen LogP contribution in [0.1, 0.15) is 47.9 Å². The third kappa shape index (κ3) is 3.54. The van der Waals surface area contributed by atoms with E-state index in [0.717, 1.165) is 36.9 Å². The lowest BCUT2D eigenvalue weighted by Gasteiger charge is -2.27. The van der Waals surface area contributed by atoms with E-state index in [9.17, 15) is 14.9 Å². The van der Waals surface area contributed by atoms with Gasteiger partial charge < -0.3 is 4.74 Å². The van der Waals surface area contributed by atoms with E-state index < -0.39 is 23.7 Å². The minimum absolute atomic E-state index is 0.374. The standard InChI is InChI=1S/C20H20N2O3S/c1-14-13-26-18(22-14)16(11-21)17(23)12-25-19(24)20(9-5-6-10-20)15-7-3-2-4-8-15/h2-4,7-8,13,16H,5-6,9-10,12H2,1H3/t16-/m1/s1. The van der Waals surface area contributed by atoms with Gasteiger partial charge in [0.1, 0.15) is 5.01 Å². The monoisotopic (exact) mass is 368 g/mol. The number of nitriles is 1. The zero-order valence-corrected chi connectivity index (χ0v) is 15.4. The summed E-state index contributed by atoms with van der Waals surface area (Å²) in [6, 6.07) is 11.6. The van der Waals surface area contributed by atoms with Gasteiger partial charge >= 0.3 is 5.97 Å². The van der Waals surface area contributed by atoms with Gasteiger partial charge in [-0.1, -0.05) is 43.2 Å². The number of rotatable bonds is 6. The number of Topliss-reactive ketones (excluding diaryl/α,β-unsaturated/α-hetero) is 1. The number of carbonyl (C=O) groups excluding carboxylic acids is 2. The third-order valence-corrected chi connectivity index (χ3v) is 5.88. The number of hydrogen-bond acceptors (Lipinski definition) is 6. The Morgan fingerprint density at radius 3 is 2.58 bits per heavy atom. The molecular weight excluding hydrogens is 348 g/mol. The van der Waals surface area contributed by atoms with E-state index in [-0.39, 0.29) is 5.97 Å². The Balaban J connectivity index is 1.71. The molecule has 1 fully saturated rings. The maximum absolute atomic E-state index is 12.9. The zero-order valence-electron chi connectivity index (χ0n) is 14.6. The van der Waals surface area contributed by atoms with Crippen LogP contribution in [0.5, 0.6) is 0 Å². The molecule has 3 rings (SSSR count). The second-order valence-corrected chi connectivity index (χ2v) is 7.48. The van der Waals surface area contributed by atoms with Gasteiger partial charge in [-0.2, -0.15) is 5.26 Å². The van der Waals surface area contributed by atoms with Crippen molar-refractivity contribution < 1.29 is 14.3 Å². The van der Waals surface area contributed by atoms with Crippen molar-refractivity contribution >= 4 is 23.1 Å². The van der Waals surface area contributed by atoms with Crippen LogP contribution in [-0.2, 0) is 19.7 Å². The van der Waals surface area contributed by atoms with Crippen molar-refractivity contribution in [2.24, 2.45) is 0 Å². The number of hydrogen-bond donors (Lipinski definition) is 0. The summed E-state index contributed by atoms with van der Waals surface area (Å²) in [6.07, 6.45) is 3.35. The average molecular weight is 368 g/mol. The average Bonchev–Trinajstić information content (AvgIpc) is 3.31. The van der Waals surface area contributed by atoms with Crippen molar-refractivity contribution in [1.82, 2.24) is 4.98 Å². The van der Waals surface area contributed by atoms with Crippen LogP contribution < -0.4 is 0 Å². The highest BCUT2D eigenvalue weighted by molar-refractivity contribution is 7.09. The van der Waals surface area contributed by atoms with Crippen molar-refractivity contribution in [3.8, 4) is 6.07 Å². The van der Waals surface area contributed by atoms with Gasteiger partial charge in [-0.15, -0.1) is 11.3 Å². The number of esters is 1. The van der Waals surface area contributed by atoms with Crippen LogP contribution in [0.2, 0.25) is 0 Å². The summed E-state index contributed by atoms with van der Waals surface area (Å²) in [5, 5.41) is 11.6. The molecule has 0 saturated heterocycles. The maximum Gasteiger partial charge on any atom is 0.316 e. The minimum Gasteiger partial charge on any atom is -0.457 e. The molecule has 0 radical (unpaired) electrons. The van der Waals surface area contributed by atoms with Crippen LogP contribution in [0.25, 0.3) is 0 Å². The van der Waals surface area contributed by atoms with Gasteiger partial charge in [0, 0.05) is 11.1 Å². The SMILES string of the molecule is Cc1csc([C@H](C#N)C(=O)COC(=O)C2(c3ccccc3)CCCC2)n1. The molecule has 0 aliphatic heterocycles. The van der Waals surface area contributed by atoms with Crippen molar-refractivity contribution in [1.29, 1.82) is 5.26 Å². The Labute approximate surface area is 156 Å². The highest BCUT2D eigenvalue weighted by Gasteiger charge is 2.44. The second-order valence-electron chi connectivity index (χ2n) is 6.59. The van der Waals surface area contributed by atoms with Crippen LogP contribution in [0.15, 0.2) is 35.7 Å². The number of ether oxygens (including phenoxy) is 1. The molecule has 0 bridgehead atoms. The number of carbonyl (C=O) groups is 2. The molecule has 1 atom stereocenters. The smallest absolute Gasteiger partial charge is 0.316 e. The molecule has 26 heavy (non-hydrogen) atoms. The summed E-state index contributed by atoms with van der Waals surface area (Å²) in [7, 11) is 0. The largest absolute Gasteiger partial charge is 0.457 e. The highest BCUT2D eigenvalue weighted by Crippen LogP contribution is 2.42. The topological polar surface area (TPSA) is 80.0 Å². The Hall–Kier alpha value is -2.52. The molecule has 5 nitrogen and oxygen atoms in total. The molecule has 1 saturated carbocycles. The predicted octanol–water partition coefficient (Wildman–Crippen LogP) is 3.68. The molecule has 0 unspecified atom stereocenters. The second kappa shape index (κ2) is 7.79. The third-order valence-electron chi connectivity index (χ3n) is 4.85. The van der Waals surface area contributed by atoms with Gasteiger partial charge in [0.25, 0.3) is 0 Å². The first-order chi connectivity index (χ1) is 12.6. The fourth-order valence-electron chi connectivity index (χ4n) is 3.47. The molecular formula is C20H20N2O3S. The number of aryl methyl sites for hydroxylation is 1. The van der Waals surface area contributed by atoms with E-state index in [1.165, 1.54) is 11.3 Å². The van der Waals surface area contributed by atoms with Crippen LogP contribution in [0, 0.1) is 18.3 Å². The Morgan fingerprint density at radius 2 is 2.00 bits per heavy atom. The van der Waals surface area contributed by atoms with Gasteiger partial charge in [-0.05, 0) is 25.3 Å². The zero-order chi connectivity index (χ0) is 18.6. The van der Waals surface area contributed by atoms with E-state index in [1.807, 2.05) is 43.3 Å². The van der Waals surface area contributed by atoms with Crippen LogP contribution in [0.4, 0.5) is 0 Å². The summed E-state index contributed by atoms with van der Waals surface area (Å²) in [5.74, 6) is -1.80. The molecule has 6 heteroatoms. The van der Waals surface area contributed by atoms with Crippen LogP contribution in [-0.4, -0.2) is 23.3 Å². The quantitative estimate of drug-likeness (QED) is 0.727. The molecule has 0 N–H and O–H groups in total. The Kier molecular flexibility index (Phi) is 5.48. The summed E-state index contributed by atoms with van der Waals surface area (Å²) < 4.78 is 5.39. The summed E-state index contributed by atoms with van der Waals surface area (Å²) >= 11 is 1.27. The summed E-state index contributed by atoms with van der Waals surface area (Å²) in [6.45, 7) is 1.41. The molecule has 1 aliphatic rings. The number of benzene rings is 1. The molecule has 0 amide bonds. The normalized spacial score (nSPS) is 16.6. The highest BCUT2D eigenvalue weighted by atomic mass is 32.1. The van der Waals surface area contributed by atoms with Crippen LogP contribution >= 0.6 is 11.3 Å². The lowest BCUT2D eigenvalue weighted by Crippen LogP contribution is -2.36. The Bertz CT molecular complexity index is 832. The summed E-state index contributed by atoms with van der Waals surface area (Å²) in [4.78, 5) is 29.5. The predicted molar refractivity (Wildman–Crippen MR) is 97.8 cm³/mol. The van der Waals surface area contributed by atoms with Gasteiger partial charge in [0.15, 0.2) is 18.3 Å². The first kappa shape index (κ1) is 18.3.